The van der Waals surface area contributed by atoms with Crippen molar-refractivity contribution >= 4 is 23.0 Å². The van der Waals surface area contributed by atoms with E-state index < -0.39 is 0 Å². The van der Waals surface area contributed by atoms with Crippen molar-refractivity contribution in [2.75, 3.05) is 13.1 Å². The summed E-state index contributed by atoms with van der Waals surface area (Å²) in [4.78, 5) is 13.7. The zero-order chi connectivity index (χ0) is 14.4. The highest BCUT2D eigenvalue weighted by molar-refractivity contribution is 8.14. The van der Waals surface area contributed by atoms with E-state index in [4.69, 9.17) is 15.9 Å². The maximum atomic E-state index is 11.9. The van der Waals surface area contributed by atoms with E-state index in [-0.39, 0.29) is 11.3 Å². The molecule has 2 rings (SSSR count). The van der Waals surface area contributed by atoms with Crippen molar-refractivity contribution in [1.82, 2.24) is 4.90 Å². The Morgan fingerprint density at radius 3 is 2.60 bits per heavy atom. The molecule has 1 saturated heterocycles. The largest absolute Gasteiger partial charge is 0.445 e. The van der Waals surface area contributed by atoms with Crippen LogP contribution in [0, 0.1) is 5.41 Å². The standard InChI is InChI=1S/C14H19N3O2S/c15-13(16)20-12-6-8-17(9-7-12)14(18)19-10-11-4-2-1-3-5-11/h1-5,12H,6-10H2,(H3,15,16). The van der Waals surface area contributed by atoms with Gasteiger partial charge in [-0.3, -0.25) is 5.41 Å². The minimum Gasteiger partial charge on any atom is -0.445 e. The summed E-state index contributed by atoms with van der Waals surface area (Å²) in [5.74, 6) is 0. The topological polar surface area (TPSA) is 79.4 Å². The van der Waals surface area contributed by atoms with Crippen LogP contribution in [0.3, 0.4) is 0 Å². The minimum absolute atomic E-state index is 0.148. The molecule has 0 aliphatic carbocycles. The monoisotopic (exact) mass is 293 g/mol. The number of benzene rings is 1. The lowest BCUT2D eigenvalue weighted by Gasteiger charge is -2.30. The fourth-order valence-corrected chi connectivity index (χ4v) is 2.95. The number of nitrogens with two attached hydrogens (primary N) is 1. The second-order valence-electron chi connectivity index (χ2n) is 4.71. The van der Waals surface area contributed by atoms with Gasteiger partial charge < -0.3 is 15.4 Å². The van der Waals surface area contributed by atoms with Gasteiger partial charge in [-0.15, -0.1) is 0 Å². The van der Waals surface area contributed by atoms with Gasteiger partial charge in [0.2, 0.25) is 0 Å². The number of rotatable bonds is 3. The molecule has 1 aliphatic heterocycles. The molecule has 20 heavy (non-hydrogen) atoms. The molecule has 0 radical (unpaired) electrons. The van der Waals surface area contributed by atoms with Crippen LogP contribution >= 0.6 is 11.8 Å². The third kappa shape index (κ3) is 4.45. The normalized spacial score (nSPS) is 15.9. The number of piperidine rings is 1. The smallest absolute Gasteiger partial charge is 0.410 e. The molecule has 0 aromatic heterocycles. The van der Waals surface area contributed by atoms with Crippen LogP contribution < -0.4 is 5.73 Å². The van der Waals surface area contributed by atoms with Crippen molar-refractivity contribution in [3.8, 4) is 0 Å². The molecule has 6 heteroatoms. The average molecular weight is 293 g/mol. The molecule has 1 heterocycles. The Morgan fingerprint density at radius 1 is 1.35 bits per heavy atom. The van der Waals surface area contributed by atoms with Gasteiger partial charge in [0.1, 0.15) is 6.61 Å². The number of carbonyl (C=O) groups is 1. The van der Waals surface area contributed by atoms with Gasteiger partial charge >= 0.3 is 6.09 Å². The van der Waals surface area contributed by atoms with E-state index in [0.29, 0.717) is 24.9 Å². The molecule has 5 nitrogen and oxygen atoms in total. The molecule has 0 saturated carbocycles. The summed E-state index contributed by atoms with van der Waals surface area (Å²) >= 11 is 1.38. The predicted molar refractivity (Wildman–Crippen MR) is 80.7 cm³/mol. The van der Waals surface area contributed by atoms with Crippen LogP contribution in [-0.2, 0) is 11.3 Å². The van der Waals surface area contributed by atoms with Gasteiger partial charge in [0, 0.05) is 18.3 Å². The van der Waals surface area contributed by atoms with Gasteiger partial charge in [-0.2, -0.15) is 0 Å². The average Bonchev–Trinajstić information content (AvgIpc) is 2.46. The third-order valence-corrected chi connectivity index (χ3v) is 4.26. The lowest BCUT2D eigenvalue weighted by atomic mass is 10.1. The van der Waals surface area contributed by atoms with Crippen LogP contribution in [0.1, 0.15) is 18.4 Å². The minimum atomic E-state index is -0.264. The summed E-state index contributed by atoms with van der Waals surface area (Å²) in [5.41, 5.74) is 6.36. The van der Waals surface area contributed by atoms with Crippen molar-refractivity contribution < 1.29 is 9.53 Å². The van der Waals surface area contributed by atoms with Crippen molar-refractivity contribution in [2.45, 2.75) is 24.7 Å². The summed E-state index contributed by atoms with van der Waals surface area (Å²) in [6, 6.07) is 9.65. The Bertz CT molecular complexity index is 459. The number of amides is 1. The number of carbonyl (C=O) groups excluding carboxylic acids is 1. The summed E-state index contributed by atoms with van der Waals surface area (Å²) in [5, 5.41) is 7.75. The number of hydrogen-bond donors (Lipinski definition) is 2. The van der Waals surface area contributed by atoms with Crippen LogP contribution in [0.5, 0.6) is 0 Å². The molecule has 0 unspecified atom stereocenters. The van der Waals surface area contributed by atoms with Crippen LogP contribution in [-0.4, -0.2) is 34.5 Å². The van der Waals surface area contributed by atoms with E-state index in [2.05, 4.69) is 0 Å². The number of thioether (sulfide) groups is 1. The first-order valence-corrected chi connectivity index (χ1v) is 7.49. The Labute approximate surface area is 123 Å². The maximum Gasteiger partial charge on any atom is 0.410 e. The Kier molecular flexibility index (Phi) is 5.29. The number of nitrogens with one attached hydrogen (secondary N) is 1. The highest BCUT2D eigenvalue weighted by Gasteiger charge is 2.24. The van der Waals surface area contributed by atoms with Crippen LogP contribution in [0.2, 0.25) is 0 Å². The van der Waals surface area contributed by atoms with E-state index in [1.54, 1.807) is 4.90 Å². The second kappa shape index (κ2) is 7.19. The molecular weight excluding hydrogens is 274 g/mol. The van der Waals surface area contributed by atoms with E-state index >= 15 is 0 Å². The third-order valence-electron chi connectivity index (χ3n) is 3.20. The number of nitrogens with zero attached hydrogens (tertiary/aromatic N) is 1. The van der Waals surface area contributed by atoms with Crippen molar-refractivity contribution in [3.05, 3.63) is 35.9 Å². The number of likely N-dealkylation sites (tertiary alicyclic amines) is 1. The van der Waals surface area contributed by atoms with Crippen LogP contribution in [0.15, 0.2) is 30.3 Å². The van der Waals surface area contributed by atoms with Crippen molar-refractivity contribution in [1.29, 1.82) is 5.41 Å². The Morgan fingerprint density at radius 2 is 2.00 bits per heavy atom. The highest BCUT2D eigenvalue weighted by atomic mass is 32.2. The molecule has 1 aromatic rings. The predicted octanol–water partition coefficient (Wildman–Crippen LogP) is 2.41. The number of hydrogen-bond acceptors (Lipinski definition) is 4. The van der Waals surface area contributed by atoms with E-state index in [1.807, 2.05) is 30.3 Å². The molecule has 108 valence electrons. The first-order chi connectivity index (χ1) is 9.65. The van der Waals surface area contributed by atoms with Gasteiger partial charge in [-0.05, 0) is 18.4 Å². The molecule has 0 atom stereocenters. The van der Waals surface area contributed by atoms with Crippen molar-refractivity contribution in [3.63, 3.8) is 0 Å². The lowest BCUT2D eigenvalue weighted by molar-refractivity contribution is 0.0901. The fraction of sp³-hybridized carbons (Fsp3) is 0.429. The molecule has 0 bridgehead atoms. The molecular formula is C14H19N3O2S. The fourth-order valence-electron chi connectivity index (χ4n) is 2.15. The maximum absolute atomic E-state index is 11.9. The summed E-state index contributed by atoms with van der Waals surface area (Å²) in [6.45, 7) is 1.64. The van der Waals surface area contributed by atoms with E-state index in [9.17, 15) is 4.79 Å². The van der Waals surface area contributed by atoms with Crippen molar-refractivity contribution in [2.24, 2.45) is 5.73 Å². The quantitative estimate of drug-likeness (QED) is 0.662. The van der Waals surface area contributed by atoms with Gasteiger partial charge in [0.05, 0.1) is 0 Å². The summed E-state index contributed by atoms with van der Waals surface area (Å²) in [6.07, 6.45) is 1.44. The molecule has 1 amide bonds. The van der Waals surface area contributed by atoms with E-state index in [1.165, 1.54) is 11.8 Å². The molecule has 3 N–H and O–H groups in total. The first-order valence-electron chi connectivity index (χ1n) is 6.61. The zero-order valence-electron chi connectivity index (χ0n) is 11.2. The second-order valence-corrected chi connectivity index (χ2v) is 6.05. The molecule has 1 aromatic carbocycles. The molecule has 1 aliphatic rings. The summed E-state index contributed by atoms with van der Waals surface area (Å²) < 4.78 is 5.30. The highest BCUT2D eigenvalue weighted by Crippen LogP contribution is 2.23. The number of amidine groups is 1. The SMILES string of the molecule is N=C(N)SC1CCN(C(=O)OCc2ccccc2)CC1. The van der Waals surface area contributed by atoms with Crippen LogP contribution in [0.25, 0.3) is 0 Å². The first kappa shape index (κ1) is 14.7. The Hall–Kier alpha value is -1.69. The van der Waals surface area contributed by atoms with Gasteiger partial charge in [0.15, 0.2) is 5.17 Å². The van der Waals surface area contributed by atoms with Gasteiger partial charge in [-0.1, -0.05) is 42.1 Å². The molecule has 1 fully saturated rings. The van der Waals surface area contributed by atoms with Crippen LogP contribution in [0.4, 0.5) is 4.79 Å². The molecule has 0 spiro atoms. The van der Waals surface area contributed by atoms with Gasteiger partial charge in [-0.25, -0.2) is 4.79 Å². The van der Waals surface area contributed by atoms with E-state index in [0.717, 1.165) is 18.4 Å². The lowest BCUT2D eigenvalue weighted by Crippen LogP contribution is -2.40. The van der Waals surface area contributed by atoms with Gasteiger partial charge in [0.25, 0.3) is 0 Å². The zero-order valence-corrected chi connectivity index (χ0v) is 12.1. The number of ether oxygens (including phenoxy) is 1. The Balaban J connectivity index is 1.73. The summed E-state index contributed by atoms with van der Waals surface area (Å²) in [7, 11) is 0.